The molecule has 1 heterocycles. The third kappa shape index (κ3) is 1.88. The molecule has 0 fully saturated rings. The van der Waals surface area contributed by atoms with Crippen molar-refractivity contribution in [1.82, 2.24) is 0 Å². The molecule has 0 amide bonds. The van der Waals surface area contributed by atoms with E-state index in [-0.39, 0.29) is 17.9 Å². The standard InChI is InChI=1S/C15H17NOS/c16-9-13(14-6-3-7-18-14)15(17)12-8-10-4-1-2-5-11(10)12/h1-7,12-13,15,17H,8-9,16H2. The van der Waals surface area contributed by atoms with Gasteiger partial charge in [0, 0.05) is 23.3 Å². The minimum atomic E-state index is -0.372. The third-order valence-electron chi connectivity index (χ3n) is 3.88. The second-order valence-electron chi connectivity index (χ2n) is 4.86. The van der Waals surface area contributed by atoms with Gasteiger partial charge in [0.05, 0.1) is 6.10 Å². The van der Waals surface area contributed by atoms with Crippen molar-refractivity contribution in [2.75, 3.05) is 6.54 Å². The Morgan fingerprint density at radius 3 is 2.78 bits per heavy atom. The van der Waals surface area contributed by atoms with Gasteiger partial charge < -0.3 is 10.8 Å². The molecule has 0 saturated carbocycles. The summed E-state index contributed by atoms with van der Waals surface area (Å²) >= 11 is 1.68. The summed E-state index contributed by atoms with van der Waals surface area (Å²) in [4.78, 5) is 1.19. The van der Waals surface area contributed by atoms with E-state index in [4.69, 9.17) is 5.73 Å². The molecule has 0 spiro atoms. The molecule has 3 unspecified atom stereocenters. The van der Waals surface area contributed by atoms with Gasteiger partial charge in [-0.2, -0.15) is 0 Å². The molecule has 3 N–H and O–H groups in total. The van der Waals surface area contributed by atoms with E-state index in [0.29, 0.717) is 6.54 Å². The Morgan fingerprint density at radius 1 is 1.28 bits per heavy atom. The molecule has 18 heavy (non-hydrogen) atoms. The number of hydrogen-bond donors (Lipinski definition) is 2. The van der Waals surface area contributed by atoms with Gasteiger partial charge in [-0.1, -0.05) is 30.3 Å². The van der Waals surface area contributed by atoms with Gasteiger partial charge in [0.25, 0.3) is 0 Å². The topological polar surface area (TPSA) is 46.2 Å². The number of benzene rings is 1. The highest BCUT2D eigenvalue weighted by Crippen LogP contribution is 2.42. The van der Waals surface area contributed by atoms with Crippen molar-refractivity contribution < 1.29 is 5.11 Å². The maximum atomic E-state index is 10.6. The number of aliphatic hydroxyl groups is 1. The summed E-state index contributed by atoms with van der Waals surface area (Å²) in [5.74, 6) is 0.306. The van der Waals surface area contributed by atoms with Crippen molar-refractivity contribution in [2.24, 2.45) is 5.73 Å². The van der Waals surface area contributed by atoms with Crippen molar-refractivity contribution in [3.63, 3.8) is 0 Å². The molecule has 3 rings (SSSR count). The van der Waals surface area contributed by atoms with E-state index in [2.05, 4.69) is 24.3 Å². The summed E-state index contributed by atoms with van der Waals surface area (Å²) in [5.41, 5.74) is 8.50. The predicted molar refractivity (Wildman–Crippen MR) is 75.0 cm³/mol. The van der Waals surface area contributed by atoms with Crippen LogP contribution in [0.4, 0.5) is 0 Å². The van der Waals surface area contributed by atoms with Crippen LogP contribution in [0.25, 0.3) is 0 Å². The SMILES string of the molecule is NCC(c1cccs1)C(O)C1Cc2ccccc21. The lowest BCUT2D eigenvalue weighted by atomic mass is 9.71. The highest BCUT2D eigenvalue weighted by atomic mass is 32.1. The average molecular weight is 259 g/mol. The van der Waals surface area contributed by atoms with Crippen LogP contribution in [-0.4, -0.2) is 17.8 Å². The first kappa shape index (κ1) is 11.9. The van der Waals surface area contributed by atoms with Crippen LogP contribution in [0.2, 0.25) is 0 Å². The van der Waals surface area contributed by atoms with Crippen molar-refractivity contribution in [1.29, 1.82) is 0 Å². The van der Waals surface area contributed by atoms with E-state index < -0.39 is 0 Å². The Hall–Kier alpha value is -1.16. The van der Waals surface area contributed by atoms with E-state index in [1.807, 2.05) is 17.5 Å². The molecule has 1 aliphatic carbocycles. The molecule has 1 aromatic heterocycles. The summed E-state index contributed by atoms with van der Waals surface area (Å²) in [6, 6.07) is 12.4. The number of nitrogens with two attached hydrogens (primary N) is 1. The molecular weight excluding hydrogens is 242 g/mol. The molecule has 1 aromatic carbocycles. The first-order valence-electron chi connectivity index (χ1n) is 6.30. The van der Waals surface area contributed by atoms with Gasteiger partial charge in [-0.15, -0.1) is 11.3 Å². The highest BCUT2D eigenvalue weighted by Gasteiger charge is 2.36. The normalized spacial score (nSPS) is 20.9. The lowest BCUT2D eigenvalue weighted by Crippen LogP contribution is -2.36. The fourth-order valence-corrected chi connectivity index (χ4v) is 3.69. The lowest BCUT2D eigenvalue weighted by molar-refractivity contribution is 0.107. The van der Waals surface area contributed by atoms with Gasteiger partial charge in [-0.3, -0.25) is 0 Å². The molecule has 0 aliphatic heterocycles. The zero-order chi connectivity index (χ0) is 12.5. The van der Waals surface area contributed by atoms with Crippen molar-refractivity contribution in [2.45, 2.75) is 24.4 Å². The van der Waals surface area contributed by atoms with Crippen LogP contribution >= 0.6 is 11.3 Å². The fraction of sp³-hybridized carbons (Fsp3) is 0.333. The highest BCUT2D eigenvalue weighted by molar-refractivity contribution is 7.10. The second kappa shape index (κ2) is 4.84. The Balaban J connectivity index is 1.82. The van der Waals surface area contributed by atoms with Crippen LogP contribution in [0.5, 0.6) is 0 Å². The van der Waals surface area contributed by atoms with Crippen molar-refractivity contribution >= 4 is 11.3 Å². The Labute approximate surface area is 111 Å². The van der Waals surface area contributed by atoms with E-state index in [1.165, 1.54) is 16.0 Å². The minimum absolute atomic E-state index is 0.0587. The van der Waals surface area contributed by atoms with Crippen LogP contribution in [-0.2, 0) is 6.42 Å². The smallest absolute Gasteiger partial charge is 0.0700 e. The number of fused-ring (bicyclic) bond motifs is 1. The molecular formula is C15H17NOS. The van der Waals surface area contributed by atoms with Crippen LogP contribution < -0.4 is 5.73 Å². The number of hydrogen-bond acceptors (Lipinski definition) is 3. The fourth-order valence-electron chi connectivity index (χ4n) is 2.81. The van der Waals surface area contributed by atoms with Crippen LogP contribution in [0.15, 0.2) is 41.8 Å². The lowest BCUT2D eigenvalue weighted by Gasteiger charge is -2.37. The van der Waals surface area contributed by atoms with Gasteiger partial charge >= 0.3 is 0 Å². The summed E-state index contributed by atoms with van der Waals surface area (Å²) in [7, 11) is 0. The van der Waals surface area contributed by atoms with Crippen LogP contribution in [0.3, 0.4) is 0 Å². The molecule has 1 aliphatic rings. The molecule has 3 heteroatoms. The predicted octanol–water partition coefficient (Wildman–Crippen LogP) is 2.49. The van der Waals surface area contributed by atoms with E-state index in [1.54, 1.807) is 11.3 Å². The molecule has 2 nitrogen and oxygen atoms in total. The number of aliphatic hydroxyl groups excluding tert-OH is 1. The summed E-state index contributed by atoms with van der Waals surface area (Å²) < 4.78 is 0. The molecule has 0 radical (unpaired) electrons. The van der Waals surface area contributed by atoms with E-state index >= 15 is 0 Å². The van der Waals surface area contributed by atoms with Gasteiger partial charge in [-0.25, -0.2) is 0 Å². The molecule has 0 saturated heterocycles. The maximum absolute atomic E-state index is 10.6. The summed E-state index contributed by atoms with van der Waals surface area (Å²) in [5, 5.41) is 12.6. The summed E-state index contributed by atoms with van der Waals surface area (Å²) in [6.07, 6.45) is 0.600. The monoisotopic (exact) mass is 259 g/mol. The first-order valence-corrected chi connectivity index (χ1v) is 7.18. The van der Waals surface area contributed by atoms with Gasteiger partial charge in [-0.05, 0) is 29.0 Å². The first-order chi connectivity index (χ1) is 8.81. The minimum Gasteiger partial charge on any atom is -0.392 e. The van der Waals surface area contributed by atoms with Gasteiger partial charge in [0.1, 0.15) is 0 Å². The molecule has 94 valence electrons. The molecule has 2 aromatic rings. The van der Waals surface area contributed by atoms with E-state index in [9.17, 15) is 5.11 Å². The molecule has 0 bridgehead atoms. The second-order valence-corrected chi connectivity index (χ2v) is 5.84. The maximum Gasteiger partial charge on any atom is 0.0700 e. The zero-order valence-electron chi connectivity index (χ0n) is 10.1. The van der Waals surface area contributed by atoms with Crippen LogP contribution in [0, 0.1) is 0 Å². The summed E-state index contributed by atoms with van der Waals surface area (Å²) in [6.45, 7) is 0.500. The Kier molecular flexibility index (Phi) is 3.20. The van der Waals surface area contributed by atoms with Crippen LogP contribution in [0.1, 0.15) is 27.8 Å². The average Bonchev–Trinajstić information content (AvgIpc) is 2.85. The van der Waals surface area contributed by atoms with Crippen molar-refractivity contribution in [3.05, 3.63) is 57.8 Å². The number of thiophene rings is 1. The number of rotatable bonds is 4. The quantitative estimate of drug-likeness (QED) is 0.886. The third-order valence-corrected chi connectivity index (χ3v) is 4.89. The van der Waals surface area contributed by atoms with Gasteiger partial charge in [0.15, 0.2) is 0 Å². The van der Waals surface area contributed by atoms with Gasteiger partial charge in [0.2, 0.25) is 0 Å². The molecule has 3 atom stereocenters. The zero-order valence-corrected chi connectivity index (χ0v) is 10.9. The Morgan fingerprint density at radius 2 is 2.11 bits per heavy atom. The van der Waals surface area contributed by atoms with Crippen molar-refractivity contribution in [3.8, 4) is 0 Å². The Bertz CT molecular complexity index is 523. The van der Waals surface area contributed by atoms with E-state index in [0.717, 1.165) is 6.42 Å². The largest absolute Gasteiger partial charge is 0.392 e.